The van der Waals surface area contributed by atoms with Gasteiger partial charge in [0.1, 0.15) is 0 Å². The van der Waals surface area contributed by atoms with Crippen molar-refractivity contribution >= 4 is 23.7 Å². The van der Waals surface area contributed by atoms with Gasteiger partial charge in [0, 0.05) is 6.20 Å². The standard InChI is InChI=1S/C10H13NO4S/c1-3-14-9(12)7(10(13)15-4-2)8-11-5-6-16-8/h5-6,11H,3-4H2,1-2H3. The average molecular weight is 243 g/mol. The smallest absolute Gasteiger partial charge is 0.348 e. The van der Waals surface area contributed by atoms with Crippen molar-refractivity contribution in [2.75, 3.05) is 13.2 Å². The summed E-state index contributed by atoms with van der Waals surface area (Å²) in [4.78, 5) is 23.2. The summed E-state index contributed by atoms with van der Waals surface area (Å²) in [6.07, 6.45) is 1.64. The SMILES string of the molecule is CCOC(=O)C(C(=O)OCC)=C1NC=CS1. The van der Waals surface area contributed by atoms with E-state index in [1.54, 1.807) is 25.5 Å². The van der Waals surface area contributed by atoms with Crippen LogP contribution in [0.3, 0.4) is 0 Å². The number of nitrogens with one attached hydrogen (secondary N) is 1. The van der Waals surface area contributed by atoms with Gasteiger partial charge in [0.2, 0.25) is 0 Å². The number of ether oxygens (including phenoxy) is 2. The Morgan fingerprint density at radius 1 is 1.25 bits per heavy atom. The first-order valence-corrected chi connectivity index (χ1v) is 5.75. The molecule has 0 saturated heterocycles. The van der Waals surface area contributed by atoms with E-state index >= 15 is 0 Å². The third kappa shape index (κ3) is 3.03. The Labute approximate surface area is 97.9 Å². The molecule has 0 aliphatic carbocycles. The zero-order valence-electron chi connectivity index (χ0n) is 9.11. The summed E-state index contributed by atoms with van der Waals surface area (Å²) in [5, 5.41) is 4.97. The second-order valence-corrected chi connectivity index (χ2v) is 3.63. The van der Waals surface area contributed by atoms with E-state index in [0.717, 1.165) is 0 Å². The number of esters is 2. The predicted molar refractivity (Wildman–Crippen MR) is 60.2 cm³/mol. The molecular weight excluding hydrogens is 230 g/mol. The van der Waals surface area contributed by atoms with Crippen LogP contribution in [0.15, 0.2) is 22.2 Å². The molecular formula is C10H13NO4S. The highest BCUT2D eigenvalue weighted by atomic mass is 32.2. The highest BCUT2D eigenvalue weighted by Crippen LogP contribution is 2.24. The number of hydrogen-bond donors (Lipinski definition) is 1. The van der Waals surface area contributed by atoms with Crippen LogP contribution >= 0.6 is 11.8 Å². The highest BCUT2D eigenvalue weighted by Gasteiger charge is 2.26. The predicted octanol–water partition coefficient (Wildman–Crippen LogP) is 1.13. The molecule has 0 bridgehead atoms. The van der Waals surface area contributed by atoms with E-state index < -0.39 is 11.9 Å². The van der Waals surface area contributed by atoms with Gasteiger partial charge in [-0.3, -0.25) is 0 Å². The molecule has 0 unspecified atom stereocenters. The van der Waals surface area contributed by atoms with Gasteiger partial charge in [0.25, 0.3) is 0 Å². The van der Waals surface area contributed by atoms with Gasteiger partial charge in [-0.25, -0.2) is 9.59 Å². The molecule has 0 radical (unpaired) electrons. The molecule has 0 aromatic heterocycles. The quantitative estimate of drug-likeness (QED) is 0.345. The van der Waals surface area contributed by atoms with Crippen LogP contribution in [0.25, 0.3) is 0 Å². The monoisotopic (exact) mass is 243 g/mol. The van der Waals surface area contributed by atoms with Crippen molar-refractivity contribution in [3.05, 3.63) is 22.2 Å². The topological polar surface area (TPSA) is 64.6 Å². The van der Waals surface area contributed by atoms with Crippen LogP contribution < -0.4 is 5.32 Å². The van der Waals surface area contributed by atoms with Crippen molar-refractivity contribution in [3.8, 4) is 0 Å². The molecule has 16 heavy (non-hydrogen) atoms. The molecule has 0 fully saturated rings. The van der Waals surface area contributed by atoms with Crippen molar-refractivity contribution in [1.82, 2.24) is 5.32 Å². The van der Waals surface area contributed by atoms with E-state index in [-0.39, 0.29) is 18.8 Å². The summed E-state index contributed by atoms with van der Waals surface area (Å²) in [5.41, 5.74) is -0.0845. The van der Waals surface area contributed by atoms with E-state index in [1.807, 2.05) is 0 Å². The van der Waals surface area contributed by atoms with Gasteiger partial charge in [-0.2, -0.15) is 0 Å². The molecule has 6 heteroatoms. The van der Waals surface area contributed by atoms with Crippen molar-refractivity contribution < 1.29 is 19.1 Å². The Hall–Kier alpha value is -1.43. The van der Waals surface area contributed by atoms with E-state index in [0.29, 0.717) is 5.03 Å². The average Bonchev–Trinajstić information content (AvgIpc) is 2.72. The van der Waals surface area contributed by atoms with Crippen molar-refractivity contribution in [2.24, 2.45) is 0 Å². The highest BCUT2D eigenvalue weighted by molar-refractivity contribution is 8.06. The lowest BCUT2D eigenvalue weighted by Crippen LogP contribution is -2.22. The zero-order valence-corrected chi connectivity index (χ0v) is 9.93. The van der Waals surface area contributed by atoms with Crippen LogP contribution in [-0.4, -0.2) is 25.2 Å². The number of carbonyl (C=O) groups excluding carboxylic acids is 2. The van der Waals surface area contributed by atoms with Gasteiger partial charge < -0.3 is 14.8 Å². The van der Waals surface area contributed by atoms with Crippen LogP contribution in [-0.2, 0) is 19.1 Å². The molecule has 88 valence electrons. The number of hydrogen-bond acceptors (Lipinski definition) is 6. The Morgan fingerprint density at radius 2 is 1.81 bits per heavy atom. The molecule has 0 saturated carbocycles. The molecule has 1 aliphatic rings. The van der Waals surface area contributed by atoms with E-state index in [9.17, 15) is 9.59 Å². The van der Waals surface area contributed by atoms with E-state index in [1.165, 1.54) is 11.8 Å². The molecule has 0 aromatic rings. The largest absolute Gasteiger partial charge is 0.462 e. The lowest BCUT2D eigenvalue weighted by molar-refractivity contribution is -0.146. The minimum absolute atomic E-state index is 0.0845. The van der Waals surface area contributed by atoms with Gasteiger partial charge >= 0.3 is 11.9 Å². The zero-order chi connectivity index (χ0) is 12.0. The van der Waals surface area contributed by atoms with Crippen LogP contribution in [0.5, 0.6) is 0 Å². The van der Waals surface area contributed by atoms with Crippen LogP contribution in [0.4, 0.5) is 0 Å². The number of carbonyl (C=O) groups is 2. The summed E-state index contributed by atoms with van der Waals surface area (Å²) < 4.78 is 9.61. The molecule has 1 N–H and O–H groups in total. The molecule has 1 rings (SSSR count). The fraction of sp³-hybridized carbons (Fsp3) is 0.400. The van der Waals surface area contributed by atoms with Crippen LogP contribution in [0, 0.1) is 0 Å². The first-order chi connectivity index (χ1) is 7.70. The fourth-order valence-corrected chi connectivity index (χ4v) is 1.74. The second-order valence-electron chi connectivity index (χ2n) is 2.71. The molecule has 0 aromatic carbocycles. The first-order valence-electron chi connectivity index (χ1n) is 4.87. The van der Waals surface area contributed by atoms with Crippen molar-refractivity contribution in [2.45, 2.75) is 13.8 Å². The molecule has 0 amide bonds. The lowest BCUT2D eigenvalue weighted by Gasteiger charge is -2.09. The van der Waals surface area contributed by atoms with Gasteiger partial charge in [0.15, 0.2) is 5.57 Å². The molecule has 1 heterocycles. The van der Waals surface area contributed by atoms with Gasteiger partial charge in [0.05, 0.1) is 18.2 Å². The molecule has 0 atom stereocenters. The van der Waals surface area contributed by atoms with Crippen molar-refractivity contribution in [1.29, 1.82) is 0 Å². The first kappa shape index (κ1) is 12.6. The summed E-state index contributed by atoms with van der Waals surface area (Å²) in [6.45, 7) is 3.79. The summed E-state index contributed by atoms with van der Waals surface area (Å²) in [5.74, 6) is -1.33. The number of rotatable bonds is 4. The maximum absolute atomic E-state index is 11.6. The molecule has 5 nitrogen and oxygen atoms in total. The maximum Gasteiger partial charge on any atom is 0.348 e. The molecule has 1 aliphatic heterocycles. The Kier molecular flexibility index (Phi) is 4.91. The Balaban J connectivity index is 2.89. The normalized spacial score (nSPS) is 13.2. The van der Waals surface area contributed by atoms with Gasteiger partial charge in [-0.05, 0) is 19.3 Å². The van der Waals surface area contributed by atoms with Crippen molar-refractivity contribution in [3.63, 3.8) is 0 Å². The van der Waals surface area contributed by atoms with Gasteiger partial charge in [-0.15, -0.1) is 0 Å². The fourth-order valence-electron chi connectivity index (χ4n) is 1.05. The Morgan fingerprint density at radius 3 is 2.19 bits per heavy atom. The number of thioether (sulfide) groups is 1. The van der Waals surface area contributed by atoms with Gasteiger partial charge in [-0.1, -0.05) is 11.8 Å². The molecule has 0 spiro atoms. The summed E-state index contributed by atoms with van der Waals surface area (Å²) in [7, 11) is 0. The maximum atomic E-state index is 11.6. The van der Waals surface area contributed by atoms with E-state index in [2.05, 4.69) is 5.32 Å². The van der Waals surface area contributed by atoms with E-state index in [4.69, 9.17) is 9.47 Å². The van der Waals surface area contributed by atoms with Crippen LogP contribution in [0.2, 0.25) is 0 Å². The Bertz CT molecular complexity index is 319. The minimum atomic E-state index is -0.667. The third-order valence-electron chi connectivity index (χ3n) is 1.65. The summed E-state index contributed by atoms with van der Waals surface area (Å²) in [6, 6.07) is 0. The third-order valence-corrected chi connectivity index (χ3v) is 2.48. The summed E-state index contributed by atoms with van der Waals surface area (Å²) >= 11 is 1.25. The lowest BCUT2D eigenvalue weighted by atomic mass is 10.3. The minimum Gasteiger partial charge on any atom is -0.462 e. The van der Waals surface area contributed by atoms with Crippen LogP contribution in [0.1, 0.15) is 13.8 Å². The second kappa shape index (κ2) is 6.22.